The number of morpholine rings is 1. The van der Waals surface area contributed by atoms with Crippen molar-refractivity contribution in [2.24, 2.45) is 0 Å². The monoisotopic (exact) mass is 369 g/mol. The van der Waals surface area contributed by atoms with Crippen LogP contribution < -0.4 is 15.0 Å². The lowest BCUT2D eigenvalue weighted by molar-refractivity contribution is 0.0114. The first-order valence-corrected chi connectivity index (χ1v) is 9.66. The quantitative estimate of drug-likeness (QED) is 0.869. The van der Waals surface area contributed by atoms with Gasteiger partial charge in [-0.15, -0.1) is 0 Å². The summed E-state index contributed by atoms with van der Waals surface area (Å²) in [5.74, 6) is 2.28. The number of anilines is 2. The van der Waals surface area contributed by atoms with Gasteiger partial charge in [0.15, 0.2) is 0 Å². The van der Waals surface area contributed by atoms with Gasteiger partial charge in [-0.25, -0.2) is 9.97 Å². The maximum atomic E-state index is 5.90. The SMILES string of the molecule is CNc1ccc(Oc2cc(N3CCC(N4CCOCC4)CC3)ncn2)cc1. The third-order valence-electron chi connectivity index (χ3n) is 5.34. The van der Waals surface area contributed by atoms with Crippen molar-refractivity contribution in [3.8, 4) is 11.6 Å². The van der Waals surface area contributed by atoms with Gasteiger partial charge < -0.3 is 19.7 Å². The Hall–Kier alpha value is -2.38. The van der Waals surface area contributed by atoms with Gasteiger partial charge in [-0.05, 0) is 37.1 Å². The van der Waals surface area contributed by atoms with Crippen molar-refractivity contribution in [1.29, 1.82) is 0 Å². The third kappa shape index (κ3) is 4.48. The molecule has 4 rings (SSSR count). The van der Waals surface area contributed by atoms with Crippen LogP contribution in [0.25, 0.3) is 0 Å². The molecule has 0 unspecified atom stereocenters. The number of piperidine rings is 1. The molecule has 27 heavy (non-hydrogen) atoms. The van der Waals surface area contributed by atoms with Crippen molar-refractivity contribution in [1.82, 2.24) is 14.9 Å². The molecular formula is C20H27N5O2. The highest BCUT2D eigenvalue weighted by atomic mass is 16.5. The second-order valence-electron chi connectivity index (χ2n) is 6.96. The molecule has 7 nitrogen and oxygen atoms in total. The zero-order chi connectivity index (χ0) is 18.5. The Labute approximate surface area is 160 Å². The van der Waals surface area contributed by atoms with E-state index in [2.05, 4.69) is 25.1 Å². The molecule has 2 aromatic rings. The number of nitrogens with one attached hydrogen (secondary N) is 1. The van der Waals surface area contributed by atoms with Gasteiger partial charge in [0.05, 0.1) is 13.2 Å². The smallest absolute Gasteiger partial charge is 0.224 e. The van der Waals surface area contributed by atoms with Crippen molar-refractivity contribution >= 4 is 11.5 Å². The first-order valence-electron chi connectivity index (χ1n) is 9.66. The summed E-state index contributed by atoms with van der Waals surface area (Å²) in [7, 11) is 1.90. The van der Waals surface area contributed by atoms with E-state index in [0.717, 1.165) is 69.5 Å². The molecule has 2 saturated heterocycles. The van der Waals surface area contributed by atoms with Crippen LogP contribution in [0, 0.1) is 0 Å². The molecule has 0 atom stereocenters. The van der Waals surface area contributed by atoms with Gasteiger partial charge in [-0.3, -0.25) is 4.90 Å². The van der Waals surface area contributed by atoms with Crippen LogP contribution in [0.5, 0.6) is 11.6 Å². The third-order valence-corrected chi connectivity index (χ3v) is 5.34. The van der Waals surface area contributed by atoms with E-state index in [4.69, 9.17) is 9.47 Å². The number of hydrogen-bond donors (Lipinski definition) is 1. The maximum absolute atomic E-state index is 5.90. The van der Waals surface area contributed by atoms with E-state index in [0.29, 0.717) is 11.9 Å². The second-order valence-corrected chi connectivity index (χ2v) is 6.96. The molecule has 7 heteroatoms. The highest BCUT2D eigenvalue weighted by molar-refractivity contribution is 5.47. The number of aromatic nitrogens is 2. The van der Waals surface area contributed by atoms with Gasteiger partial charge in [0.1, 0.15) is 17.9 Å². The molecule has 0 saturated carbocycles. The molecule has 1 N–H and O–H groups in total. The standard InChI is InChI=1S/C20H27N5O2/c1-21-16-2-4-18(5-3-16)27-20-14-19(22-15-23-20)25-8-6-17(7-9-25)24-10-12-26-13-11-24/h2-5,14-15,17,21H,6-13H2,1H3. The van der Waals surface area contributed by atoms with Gasteiger partial charge >= 0.3 is 0 Å². The summed E-state index contributed by atoms with van der Waals surface area (Å²) in [5, 5.41) is 3.10. The molecule has 0 amide bonds. The molecule has 0 bridgehead atoms. The minimum atomic E-state index is 0.576. The average Bonchev–Trinajstić information content (AvgIpc) is 2.75. The summed E-state index contributed by atoms with van der Waals surface area (Å²) in [5.41, 5.74) is 1.05. The lowest BCUT2D eigenvalue weighted by Gasteiger charge is -2.40. The highest BCUT2D eigenvalue weighted by Crippen LogP contribution is 2.26. The van der Waals surface area contributed by atoms with Crippen LogP contribution in [0.15, 0.2) is 36.7 Å². The van der Waals surface area contributed by atoms with Crippen LogP contribution in [-0.2, 0) is 4.74 Å². The van der Waals surface area contributed by atoms with Crippen LogP contribution in [0.4, 0.5) is 11.5 Å². The summed E-state index contributed by atoms with van der Waals surface area (Å²) >= 11 is 0. The zero-order valence-corrected chi connectivity index (χ0v) is 15.8. The van der Waals surface area contributed by atoms with E-state index >= 15 is 0 Å². The summed E-state index contributed by atoms with van der Waals surface area (Å²) in [6.07, 6.45) is 3.90. The Morgan fingerprint density at radius 1 is 1.04 bits per heavy atom. The number of hydrogen-bond acceptors (Lipinski definition) is 7. The fraction of sp³-hybridized carbons (Fsp3) is 0.500. The number of nitrogens with zero attached hydrogens (tertiary/aromatic N) is 4. The van der Waals surface area contributed by atoms with Crippen molar-refractivity contribution in [2.45, 2.75) is 18.9 Å². The van der Waals surface area contributed by atoms with E-state index in [1.165, 1.54) is 0 Å². The average molecular weight is 369 g/mol. The minimum absolute atomic E-state index is 0.576. The van der Waals surface area contributed by atoms with E-state index in [1.54, 1.807) is 6.33 Å². The predicted octanol–water partition coefficient (Wildman–Crippen LogP) is 2.61. The van der Waals surface area contributed by atoms with Crippen LogP contribution >= 0.6 is 0 Å². The minimum Gasteiger partial charge on any atom is -0.439 e. The largest absolute Gasteiger partial charge is 0.439 e. The molecule has 3 heterocycles. The summed E-state index contributed by atoms with van der Waals surface area (Å²) in [6, 6.07) is 10.4. The van der Waals surface area contributed by atoms with E-state index in [9.17, 15) is 0 Å². The van der Waals surface area contributed by atoms with Crippen molar-refractivity contribution < 1.29 is 9.47 Å². The molecule has 2 aliphatic rings. The van der Waals surface area contributed by atoms with Crippen LogP contribution in [0.3, 0.4) is 0 Å². The Balaban J connectivity index is 1.36. The molecule has 1 aromatic heterocycles. The second kappa shape index (κ2) is 8.54. The topological polar surface area (TPSA) is 62.8 Å². The van der Waals surface area contributed by atoms with Crippen LogP contribution in [0.2, 0.25) is 0 Å². The van der Waals surface area contributed by atoms with Gasteiger partial charge in [0.2, 0.25) is 5.88 Å². The fourth-order valence-corrected chi connectivity index (χ4v) is 3.77. The molecule has 0 aliphatic carbocycles. The zero-order valence-electron chi connectivity index (χ0n) is 15.8. The van der Waals surface area contributed by atoms with Crippen molar-refractivity contribution in [2.75, 3.05) is 56.7 Å². The molecule has 144 valence electrons. The number of ether oxygens (including phenoxy) is 2. The normalized spacial score (nSPS) is 19.1. The lowest BCUT2D eigenvalue weighted by Crippen LogP contribution is -2.49. The molecule has 1 aromatic carbocycles. The number of rotatable bonds is 5. The fourth-order valence-electron chi connectivity index (χ4n) is 3.77. The molecule has 0 spiro atoms. The van der Waals surface area contributed by atoms with E-state index < -0.39 is 0 Å². The van der Waals surface area contributed by atoms with Gasteiger partial charge in [-0.1, -0.05) is 0 Å². The van der Waals surface area contributed by atoms with E-state index in [-0.39, 0.29) is 0 Å². The molecule has 2 aliphatic heterocycles. The first kappa shape index (κ1) is 18.0. The van der Waals surface area contributed by atoms with Gasteiger partial charge in [-0.2, -0.15) is 0 Å². The van der Waals surface area contributed by atoms with Crippen LogP contribution in [-0.4, -0.2) is 67.4 Å². The summed E-state index contributed by atoms with van der Waals surface area (Å²) < 4.78 is 11.4. The number of benzene rings is 1. The van der Waals surface area contributed by atoms with Gasteiger partial charge in [0.25, 0.3) is 0 Å². The Bertz CT molecular complexity index is 725. The Morgan fingerprint density at radius 3 is 2.48 bits per heavy atom. The van der Waals surface area contributed by atoms with E-state index in [1.807, 2.05) is 37.4 Å². The summed E-state index contributed by atoms with van der Waals surface area (Å²) in [6.45, 7) is 5.86. The van der Waals surface area contributed by atoms with Crippen LogP contribution in [0.1, 0.15) is 12.8 Å². The Kier molecular flexibility index (Phi) is 5.69. The highest BCUT2D eigenvalue weighted by Gasteiger charge is 2.26. The van der Waals surface area contributed by atoms with Crippen molar-refractivity contribution in [3.05, 3.63) is 36.7 Å². The first-order chi connectivity index (χ1) is 13.3. The van der Waals surface area contributed by atoms with Gasteiger partial charge in [0, 0.05) is 51.0 Å². The molecule has 0 radical (unpaired) electrons. The maximum Gasteiger partial charge on any atom is 0.224 e. The summed E-state index contributed by atoms with van der Waals surface area (Å²) in [4.78, 5) is 13.6. The molecular weight excluding hydrogens is 342 g/mol. The predicted molar refractivity (Wildman–Crippen MR) is 106 cm³/mol. The lowest BCUT2D eigenvalue weighted by atomic mass is 10.0. The van der Waals surface area contributed by atoms with Crippen molar-refractivity contribution in [3.63, 3.8) is 0 Å². The molecule has 2 fully saturated rings. The Morgan fingerprint density at radius 2 is 1.78 bits per heavy atom.